The molecule has 5 heteroatoms. The zero-order valence-electron chi connectivity index (χ0n) is 13.3. The van der Waals surface area contributed by atoms with Gasteiger partial charge >= 0.3 is 0 Å². The number of carbonyl (C=O) groups is 1. The Bertz CT molecular complexity index is 683. The van der Waals surface area contributed by atoms with Crippen molar-refractivity contribution in [2.75, 3.05) is 6.54 Å². The van der Waals surface area contributed by atoms with Gasteiger partial charge in [-0.15, -0.1) is 0 Å². The SMILES string of the molecule is CCCc1cc([C@H]2CCCN2C(=O)Cc2cccc(Cl)c2)no1. The number of halogens is 1. The first-order valence-corrected chi connectivity index (χ1v) is 8.54. The summed E-state index contributed by atoms with van der Waals surface area (Å²) in [4.78, 5) is 14.6. The average molecular weight is 333 g/mol. The van der Waals surface area contributed by atoms with Crippen LogP contribution in [0.4, 0.5) is 0 Å². The molecule has 2 heterocycles. The molecule has 0 spiro atoms. The molecule has 1 amide bonds. The third-order valence-electron chi connectivity index (χ3n) is 4.23. The van der Waals surface area contributed by atoms with Crippen LogP contribution in [0.2, 0.25) is 5.02 Å². The number of nitrogens with zero attached hydrogens (tertiary/aromatic N) is 2. The van der Waals surface area contributed by atoms with Crippen LogP contribution in [0.5, 0.6) is 0 Å². The maximum atomic E-state index is 12.7. The maximum absolute atomic E-state index is 12.7. The number of likely N-dealkylation sites (tertiary alicyclic amines) is 1. The first-order valence-electron chi connectivity index (χ1n) is 8.16. The van der Waals surface area contributed by atoms with E-state index in [0.29, 0.717) is 11.4 Å². The number of aryl methyl sites for hydroxylation is 1. The van der Waals surface area contributed by atoms with Crippen molar-refractivity contribution in [3.05, 3.63) is 52.4 Å². The fourth-order valence-corrected chi connectivity index (χ4v) is 3.36. The van der Waals surface area contributed by atoms with Crippen molar-refractivity contribution in [2.45, 2.75) is 45.1 Å². The van der Waals surface area contributed by atoms with Crippen molar-refractivity contribution in [3.8, 4) is 0 Å². The molecule has 1 aromatic heterocycles. The number of rotatable bonds is 5. The Kier molecular flexibility index (Phi) is 5.01. The van der Waals surface area contributed by atoms with Crippen LogP contribution in [-0.4, -0.2) is 22.5 Å². The van der Waals surface area contributed by atoms with Crippen molar-refractivity contribution in [3.63, 3.8) is 0 Å². The molecule has 23 heavy (non-hydrogen) atoms. The van der Waals surface area contributed by atoms with E-state index in [9.17, 15) is 4.79 Å². The molecule has 122 valence electrons. The van der Waals surface area contributed by atoms with Crippen molar-refractivity contribution < 1.29 is 9.32 Å². The molecule has 4 nitrogen and oxygen atoms in total. The van der Waals surface area contributed by atoms with E-state index in [2.05, 4.69) is 12.1 Å². The van der Waals surface area contributed by atoms with Crippen molar-refractivity contribution in [1.29, 1.82) is 0 Å². The molecule has 1 saturated heterocycles. The first-order chi connectivity index (χ1) is 11.2. The maximum Gasteiger partial charge on any atom is 0.227 e. The molecule has 0 aliphatic carbocycles. The summed E-state index contributed by atoms with van der Waals surface area (Å²) in [5, 5.41) is 4.84. The standard InChI is InChI=1S/C18H21ClN2O2/c1-2-5-15-12-16(20-23-15)17-8-4-9-21(17)18(22)11-13-6-3-7-14(19)10-13/h3,6-7,10,12,17H,2,4-5,8-9,11H2,1H3/t17-/m1/s1. The Labute approximate surface area is 141 Å². The van der Waals surface area contributed by atoms with E-state index >= 15 is 0 Å². The average Bonchev–Trinajstić information content (AvgIpc) is 3.16. The monoisotopic (exact) mass is 332 g/mol. The Balaban J connectivity index is 1.71. The highest BCUT2D eigenvalue weighted by atomic mass is 35.5. The summed E-state index contributed by atoms with van der Waals surface area (Å²) in [6.07, 6.45) is 4.23. The number of hydrogen-bond donors (Lipinski definition) is 0. The van der Waals surface area contributed by atoms with E-state index in [0.717, 1.165) is 49.2 Å². The van der Waals surface area contributed by atoms with Crippen LogP contribution in [0.15, 0.2) is 34.9 Å². The Morgan fingerprint density at radius 2 is 2.30 bits per heavy atom. The molecule has 0 bridgehead atoms. The molecule has 0 N–H and O–H groups in total. The minimum Gasteiger partial charge on any atom is -0.361 e. The van der Waals surface area contributed by atoms with Gasteiger partial charge in [0.1, 0.15) is 11.5 Å². The highest BCUT2D eigenvalue weighted by Gasteiger charge is 2.32. The quantitative estimate of drug-likeness (QED) is 0.824. The van der Waals surface area contributed by atoms with Crippen molar-refractivity contribution in [2.24, 2.45) is 0 Å². The van der Waals surface area contributed by atoms with Gasteiger partial charge < -0.3 is 9.42 Å². The third kappa shape index (κ3) is 3.75. The second kappa shape index (κ2) is 7.18. The highest BCUT2D eigenvalue weighted by molar-refractivity contribution is 6.30. The summed E-state index contributed by atoms with van der Waals surface area (Å²) in [6, 6.07) is 9.51. The zero-order chi connectivity index (χ0) is 16.2. The van der Waals surface area contributed by atoms with Crippen molar-refractivity contribution >= 4 is 17.5 Å². The predicted octanol–water partition coefficient (Wildman–Crippen LogP) is 4.19. The molecule has 1 aromatic carbocycles. The minimum absolute atomic E-state index is 0.0380. The summed E-state index contributed by atoms with van der Waals surface area (Å²) in [5.41, 5.74) is 1.82. The van der Waals surface area contributed by atoms with Crippen LogP contribution in [0, 0.1) is 0 Å². The lowest BCUT2D eigenvalue weighted by Gasteiger charge is -2.23. The molecule has 1 aliphatic heterocycles. The van der Waals surface area contributed by atoms with Crippen molar-refractivity contribution in [1.82, 2.24) is 10.1 Å². The Morgan fingerprint density at radius 1 is 1.43 bits per heavy atom. The lowest BCUT2D eigenvalue weighted by atomic mass is 10.1. The number of aromatic nitrogens is 1. The molecule has 0 radical (unpaired) electrons. The summed E-state index contributed by atoms with van der Waals surface area (Å²) in [5.74, 6) is 1.02. The summed E-state index contributed by atoms with van der Waals surface area (Å²) in [7, 11) is 0. The molecule has 1 atom stereocenters. The third-order valence-corrected chi connectivity index (χ3v) is 4.47. The van der Waals surface area contributed by atoms with Crippen LogP contribution < -0.4 is 0 Å². The van der Waals surface area contributed by atoms with Gasteiger partial charge in [-0.05, 0) is 37.0 Å². The fraction of sp³-hybridized carbons (Fsp3) is 0.444. The van der Waals surface area contributed by atoms with E-state index in [-0.39, 0.29) is 11.9 Å². The molecule has 1 fully saturated rings. The van der Waals surface area contributed by atoms with Gasteiger partial charge in [0.2, 0.25) is 5.91 Å². The predicted molar refractivity (Wildman–Crippen MR) is 89.3 cm³/mol. The summed E-state index contributed by atoms with van der Waals surface area (Å²) >= 11 is 6.00. The Morgan fingerprint density at radius 3 is 3.09 bits per heavy atom. The second-order valence-electron chi connectivity index (χ2n) is 6.02. The van der Waals surface area contributed by atoms with Gasteiger partial charge in [0.25, 0.3) is 0 Å². The van der Waals surface area contributed by atoms with Crippen LogP contribution in [0.3, 0.4) is 0 Å². The largest absolute Gasteiger partial charge is 0.361 e. The van der Waals surface area contributed by atoms with Gasteiger partial charge in [0.05, 0.1) is 12.5 Å². The van der Waals surface area contributed by atoms with E-state index in [1.54, 1.807) is 0 Å². The van der Waals surface area contributed by atoms with Gasteiger partial charge in [0.15, 0.2) is 0 Å². The molecular weight excluding hydrogens is 312 g/mol. The molecule has 1 aliphatic rings. The smallest absolute Gasteiger partial charge is 0.227 e. The fourth-order valence-electron chi connectivity index (χ4n) is 3.15. The molecule has 3 rings (SSSR count). The second-order valence-corrected chi connectivity index (χ2v) is 6.46. The van der Waals surface area contributed by atoms with Crippen LogP contribution in [-0.2, 0) is 17.6 Å². The lowest BCUT2D eigenvalue weighted by molar-refractivity contribution is -0.131. The Hall–Kier alpha value is -1.81. The van der Waals surface area contributed by atoms with Crippen LogP contribution in [0.25, 0.3) is 0 Å². The first kappa shape index (κ1) is 16.1. The normalized spacial score (nSPS) is 17.7. The van der Waals surface area contributed by atoms with Gasteiger partial charge in [-0.2, -0.15) is 0 Å². The number of hydrogen-bond acceptors (Lipinski definition) is 3. The van der Waals surface area contributed by atoms with Crippen LogP contribution in [0.1, 0.15) is 49.2 Å². The van der Waals surface area contributed by atoms with E-state index in [4.69, 9.17) is 16.1 Å². The summed E-state index contributed by atoms with van der Waals surface area (Å²) < 4.78 is 5.37. The molecule has 0 saturated carbocycles. The van der Waals surface area contributed by atoms with Gasteiger partial charge in [-0.1, -0.05) is 35.8 Å². The minimum atomic E-state index is 0.0380. The topological polar surface area (TPSA) is 46.3 Å². The zero-order valence-corrected chi connectivity index (χ0v) is 14.1. The molecule has 2 aromatic rings. The number of benzene rings is 1. The molecular formula is C18H21ClN2O2. The van der Waals surface area contributed by atoms with E-state index in [1.807, 2.05) is 35.2 Å². The number of carbonyl (C=O) groups excluding carboxylic acids is 1. The van der Waals surface area contributed by atoms with Gasteiger partial charge in [-0.25, -0.2) is 0 Å². The number of amides is 1. The van der Waals surface area contributed by atoms with E-state index in [1.165, 1.54) is 0 Å². The lowest BCUT2D eigenvalue weighted by Crippen LogP contribution is -2.32. The summed E-state index contributed by atoms with van der Waals surface area (Å²) in [6.45, 7) is 2.89. The van der Waals surface area contributed by atoms with Gasteiger partial charge in [-0.3, -0.25) is 4.79 Å². The van der Waals surface area contributed by atoms with Gasteiger partial charge in [0, 0.05) is 24.1 Å². The van der Waals surface area contributed by atoms with Crippen LogP contribution >= 0.6 is 11.6 Å². The highest BCUT2D eigenvalue weighted by Crippen LogP contribution is 2.32. The van der Waals surface area contributed by atoms with E-state index < -0.39 is 0 Å². The molecule has 0 unspecified atom stereocenters.